The lowest BCUT2D eigenvalue weighted by molar-refractivity contribution is 0.801. The Morgan fingerprint density at radius 3 is 2.62 bits per heavy atom. The van der Waals surface area contributed by atoms with Crippen LogP contribution in [0.1, 0.15) is 23.1 Å². The summed E-state index contributed by atoms with van der Waals surface area (Å²) in [6.07, 6.45) is 0. The van der Waals surface area contributed by atoms with Crippen LogP contribution in [0.3, 0.4) is 0 Å². The minimum atomic E-state index is -0.359. The summed E-state index contributed by atoms with van der Waals surface area (Å²) in [5.74, 6) is 0.578. The number of rotatable bonds is 2. The van der Waals surface area contributed by atoms with Crippen LogP contribution in [0.25, 0.3) is 0 Å². The number of nitrogens with two attached hydrogens (primary N) is 1. The Labute approximate surface area is 93.2 Å². The Hall–Kier alpha value is -1.94. The van der Waals surface area contributed by atoms with E-state index in [2.05, 4.69) is 9.97 Å². The van der Waals surface area contributed by atoms with Gasteiger partial charge in [0, 0.05) is 6.07 Å². The number of aromatic nitrogens is 2. The van der Waals surface area contributed by atoms with Gasteiger partial charge in [0.1, 0.15) is 5.82 Å². The van der Waals surface area contributed by atoms with Gasteiger partial charge in [0.2, 0.25) is 0 Å². The van der Waals surface area contributed by atoms with E-state index in [-0.39, 0.29) is 11.6 Å². The van der Waals surface area contributed by atoms with Crippen LogP contribution in [-0.4, -0.2) is 9.97 Å². The van der Waals surface area contributed by atoms with E-state index in [9.17, 15) is 4.79 Å². The van der Waals surface area contributed by atoms with Crippen molar-refractivity contribution in [3.05, 3.63) is 63.8 Å². The van der Waals surface area contributed by atoms with Gasteiger partial charge in [-0.3, -0.25) is 4.79 Å². The molecule has 16 heavy (non-hydrogen) atoms. The molecule has 82 valence electrons. The lowest BCUT2D eigenvalue weighted by atomic mass is 10.0. The van der Waals surface area contributed by atoms with Gasteiger partial charge in [0.15, 0.2) is 0 Å². The molecule has 0 saturated heterocycles. The van der Waals surface area contributed by atoms with E-state index in [1.165, 1.54) is 6.07 Å². The van der Waals surface area contributed by atoms with Crippen molar-refractivity contribution in [3.8, 4) is 0 Å². The summed E-state index contributed by atoms with van der Waals surface area (Å²) in [6, 6.07) is 10.7. The molecular formula is C12H13N3O. The summed E-state index contributed by atoms with van der Waals surface area (Å²) < 4.78 is 0. The number of hydrogen-bond acceptors (Lipinski definition) is 3. The molecule has 3 N–H and O–H groups in total. The predicted molar refractivity (Wildman–Crippen MR) is 62.1 cm³/mol. The van der Waals surface area contributed by atoms with Crippen LogP contribution >= 0.6 is 0 Å². The third-order valence-electron chi connectivity index (χ3n) is 2.36. The highest BCUT2D eigenvalue weighted by Crippen LogP contribution is 2.15. The molecule has 1 heterocycles. The molecular weight excluding hydrogens is 202 g/mol. The van der Waals surface area contributed by atoms with Crippen LogP contribution in [0.4, 0.5) is 0 Å². The molecule has 0 saturated carbocycles. The highest BCUT2D eigenvalue weighted by atomic mass is 16.1. The highest BCUT2D eigenvalue weighted by molar-refractivity contribution is 5.26. The van der Waals surface area contributed by atoms with Gasteiger partial charge in [0.05, 0.1) is 11.7 Å². The molecule has 1 aromatic heterocycles. The lowest BCUT2D eigenvalue weighted by Crippen LogP contribution is -2.19. The molecule has 0 amide bonds. The predicted octanol–water partition coefficient (Wildman–Crippen LogP) is 1.13. The zero-order valence-electron chi connectivity index (χ0n) is 8.97. The number of H-pyrrole nitrogens is 1. The van der Waals surface area contributed by atoms with E-state index in [4.69, 9.17) is 5.73 Å². The topological polar surface area (TPSA) is 71.8 Å². The summed E-state index contributed by atoms with van der Waals surface area (Å²) in [5.41, 5.74) is 7.40. The number of benzene rings is 1. The molecule has 0 aliphatic rings. The van der Waals surface area contributed by atoms with Crippen molar-refractivity contribution in [1.82, 2.24) is 9.97 Å². The van der Waals surface area contributed by atoms with Crippen LogP contribution < -0.4 is 11.3 Å². The van der Waals surface area contributed by atoms with E-state index in [1.807, 2.05) is 30.3 Å². The number of hydrogen-bond donors (Lipinski definition) is 2. The number of nitrogens with zero attached hydrogens (tertiary/aromatic N) is 1. The van der Waals surface area contributed by atoms with Gasteiger partial charge >= 0.3 is 0 Å². The summed E-state index contributed by atoms with van der Waals surface area (Å²) in [5, 5.41) is 0. The van der Waals surface area contributed by atoms with Gasteiger partial charge in [0.25, 0.3) is 5.56 Å². The summed E-state index contributed by atoms with van der Waals surface area (Å²) in [4.78, 5) is 18.1. The minimum Gasteiger partial charge on any atom is -0.319 e. The second kappa shape index (κ2) is 4.28. The van der Waals surface area contributed by atoms with E-state index in [0.29, 0.717) is 11.5 Å². The van der Waals surface area contributed by atoms with Gasteiger partial charge in [-0.25, -0.2) is 4.98 Å². The molecule has 1 aromatic carbocycles. The van der Waals surface area contributed by atoms with Crippen molar-refractivity contribution in [1.29, 1.82) is 0 Å². The molecule has 0 aliphatic carbocycles. The fourth-order valence-electron chi connectivity index (χ4n) is 1.59. The molecule has 1 unspecified atom stereocenters. The number of nitrogens with one attached hydrogen (secondary N) is 1. The normalized spacial score (nSPS) is 12.4. The monoisotopic (exact) mass is 215 g/mol. The van der Waals surface area contributed by atoms with Gasteiger partial charge in [-0.05, 0) is 12.5 Å². The number of aromatic amines is 1. The van der Waals surface area contributed by atoms with E-state index < -0.39 is 0 Å². The van der Waals surface area contributed by atoms with Crippen molar-refractivity contribution in [2.75, 3.05) is 0 Å². The maximum absolute atomic E-state index is 11.3. The zero-order valence-corrected chi connectivity index (χ0v) is 8.97. The maximum atomic E-state index is 11.3. The average molecular weight is 215 g/mol. The molecule has 4 heteroatoms. The smallest absolute Gasteiger partial charge is 0.251 e. The van der Waals surface area contributed by atoms with Crippen LogP contribution in [0.15, 0.2) is 41.2 Å². The highest BCUT2D eigenvalue weighted by Gasteiger charge is 2.10. The van der Waals surface area contributed by atoms with Gasteiger partial charge in [-0.15, -0.1) is 0 Å². The Morgan fingerprint density at radius 2 is 2.00 bits per heavy atom. The molecule has 0 bridgehead atoms. The van der Waals surface area contributed by atoms with Gasteiger partial charge < -0.3 is 10.7 Å². The molecule has 0 spiro atoms. The third-order valence-corrected chi connectivity index (χ3v) is 2.36. The first kappa shape index (κ1) is 10.6. The zero-order chi connectivity index (χ0) is 11.5. The summed E-state index contributed by atoms with van der Waals surface area (Å²) in [7, 11) is 0. The lowest BCUT2D eigenvalue weighted by Gasteiger charge is -2.11. The second-order valence-corrected chi connectivity index (χ2v) is 3.64. The third kappa shape index (κ3) is 2.17. The standard InChI is InChI=1S/C12H13N3O/c1-8-14-10(7-11(16)15-8)12(13)9-5-3-2-4-6-9/h2-7,12H,13H2,1H3,(H,14,15,16). The maximum Gasteiger partial charge on any atom is 0.251 e. The van der Waals surface area contributed by atoms with Crippen LogP contribution in [0.2, 0.25) is 0 Å². The first-order valence-corrected chi connectivity index (χ1v) is 5.05. The Morgan fingerprint density at radius 1 is 1.31 bits per heavy atom. The second-order valence-electron chi connectivity index (χ2n) is 3.64. The first-order chi connectivity index (χ1) is 7.66. The summed E-state index contributed by atoms with van der Waals surface area (Å²) >= 11 is 0. The fourth-order valence-corrected chi connectivity index (χ4v) is 1.59. The molecule has 2 aromatic rings. The fraction of sp³-hybridized carbons (Fsp3) is 0.167. The van der Waals surface area contributed by atoms with Crippen molar-refractivity contribution < 1.29 is 0 Å². The quantitative estimate of drug-likeness (QED) is 0.788. The number of aryl methyl sites for hydroxylation is 1. The van der Waals surface area contributed by atoms with Crippen molar-refractivity contribution in [2.24, 2.45) is 5.73 Å². The van der Waals surface area contributed by atoms with Crippen molar-refractivity contribution >= 4 is 0 Å². The molecule has 1 atom stereocenters. The Balaban J connectivity index is 2.41. The Kier molecular flexibility index (Phi) is 2.83. The first-order valence-electron chi connectivity index (χ1n) is 5.05. The van der Waals surface area contributed by atoms with Crippen molar-refractivity contribution in [2.45, 2.75) is 13.0 Å². The molecule has 4 nitrogen and oxygen atoms in total. The van der Waals surface area contributed by atoms with E-state index >= 15 is 0 Å². The SMILES string of the molecule is Cc1nc(C(N)c2ccccc2)cc(=O)[nH]1. The summed E-state index contributed by atoms with van der Waals surface area (Å²) in [6.45, 7) is 1.74. The largest absolute Gasteiger partial charge is 0.319 e. The van der Waals surface area contributed by atoms with Gasteiger partial charge in [-0.2, -0.15) is 0 Å². The molecule has 2 rings (SSSR count). The van der Waals surface area contributed by atoms with E-state index in [1.54, 1.807) is 6.92 Å². The Bertz CT molecular complexity index is 533. The van der Waals surface area contributed by atoms with Gasteiger partial charge in [-0.1, -0.05) is 30.3 Å². The van der Waals surface area contributed by atoms with Crippen LogP contribution in [0.5, 0.6) is 0 Å². The van der Waals surface area contributed by atoms with Crippen LogP contribution in [-0.2, 0) is 0 Å². The molecule has 0 radical (unpaired) electrons. The van der Waals surface area contributed by atoms with Crippen LogP contribution in [0, 0.1) is 6.92 Å². The minimum absolute atomic E-state index is 0.172. The molecule has 0 aliphatic heterocycles. The van der Waals surface area contributed by atoms with E-state index in [0.717, 1.165) is 5.56 Å². The average Bonchev–Trinajstić information content (AvgIpc) is 2.28. The molecule has 0 fully saturated rings. The van der Waals surface area contributed by atoms with Crippen molar-refractivity contribution in [3.63, 3.8) is 0 Å².